The van der Waals surface area contributed by atoms with E-state index in [1.807, 2.05) is 19.1 Å². The van der Waals surface area contributed by atoms with Crippen LogP contribution in [0.1, 0.15) is 38.2 Å². The Labute approximate surface area is 129 Å². The number of halogens is 1. The number of hydrogen-bond donors (Lipinski definition) is 2. The fourth-order valence-electron chi connectivity index (χ4n) is 1.94. The maximum absolute atomic E-state index is 11.9. The molecule has 5 heteroatoms. The van der Waals surface area contributed by atoms with E-state index in [-0.39, 0.29) is 6.03 Å². The van der Waals surface area contributed by atoms with Crippen molar-refractivity contribution in [3.8, 4) is 5.75 Å². The molecule has 0 saturated carbocycles. The van der Waals surface area contributed by atoms with E-state index >= 15 is 0 Å². The minimum Gasteiger partial charge on any atom is -0.495 e. The third kappa shape index (κ3) is 5.41. The number of nitrogens with one attached hydrogen (secondary N) is 2. The van der Waals surface area contributed by atoms with Crippen LogP contribution < -0.4 is 15.4 Å². The minimum atomic E-state index is -0.190. The third-order valence-corrected chi connectivity index (χ3v) is 3.50. The molecule has 4 nitrogen and oxygen atoms in total. The molecule has 0 unspecified atom stereocenters. The molecule has 0 radical (unpaired) electrons. The van der Waals surface area contributed by atoms with Crippen molar-refractivity contribution in [2.45, 2.75) is 39.5 Å². The van der Waals surface area contributed by atoms with Crippen LogP contribution >= 0.6 is 15.9 Å². The summed E-state index contributed by atoms with van der Waals surface area (Å²) < 4.78 is 6.22. The highest BCUT2D eigenvalue weighted by atomic mass is 79.9. The van der Waals surface area contributed by atoms with E-state index in [4.69, 9.17) is 4.74 Å². The van der Waals surface area contributed by atoms with Crippen molar-refractivity contribution in [2.24, 2.45) is 0 Å². The van der Waals surface area contributed by atoms with Gasteiger partial charge in [-0.1, -0.05) is 42.1 Å². The van der Waals surface area contributed by atoms with Gasteiger partial charge in [-0.15, -0.1) is 0 Å². The standard InChI is InChI=1S/C15H23BrN2O2/c1-4-5-6-7-8-17-15(19)18-14-11(2)9-12(16)10-13(14)20-3/h9-10H,4-8H2,1-3H3,(H2,17,18,19). The molecule has 0 fully saturated rings. The number of urea groups is 1. The highest BCUT2D eigenvalue weighted by Crippen LogP contribution is 2.31. The number of aryl methyl sites for hydroxylation is 1. The lowest BCUT2D eigenvalue weighted by Crippen LogP contribution is -2.30. The molecule has 1 aromatic rings. The molecule has 0 aliphatic heterocycles. The van der Waals surface area contributed by atoms with Gasteiger partial charge in [0.15, 0.2) is 0 Å². The Bertz CT molecular complexity index is 450. The van der Waals surface area contributed by atoms with Crippen LogP contribution in [0.3, 0.4) is 0 Å². The van der Waals surface area contributed by atoms with Crippen molar-refractivity contribution in [3.05, 3.63) is 22.2 Å². The van der Waals surface area contributed by atoms with Crippen LogP contribution in [0.2, 0.25) is 0 Å². The SMILES string of the molecule is CCCCCCNC(=O)Nc1c(C)cc(Br)cc1OC. The lowest BCUT2D eigenvalue weighted by Gasteiger charge is -2.14. The first-order valence-corrected chi connectivity index (χ1v) is 7.76. The topological polar surface area (TPSA) is 50.4 Å². The molecule has 0 atom stereocenters. The van der Waals surface area contributed by atoms with Crippen LogP contribution in [0.25, 0.3) is 0 Å². The monoisotopic (exact) mass is 342 g/mol. The highest BCUT2D eigenvalue weighted by molar-refractivity contribution is 9.10. The van der Waals surface area contributed by atoms with E-state index in [0.717, 1.165) is 22.9 Å². The molecule has 1 rings (SSSR count). The highest BCUT2D eigenvalue weighted by Gasteiger charge is 2.11. The smallest absolute Gasteiger partial charge is 0.319 e. The molecule has 0 aliphatic carbocycles. The van der Waals surface area contributed by atoms with Gasteiger partial charge in [0.1, 0.15) is 5.75 Å². The lowest BCUT2D eigenvalue weighted by molar-refractivity contribution is 0.251. The van der Waals surface area contributed by atoms with Crippen molar-refractivity contribution < 1.29 is 9.53 Å². The van der Waals surface area contributed by atoms with Crippen LogP contribution in [0, 0.1) is 6.92 Å². The van der Waals surface area contributed by atoms with Crippen molar-refractivity contribution in [1.29, 1.82) is 0 Å². The summed E-state index contributed by atoms with van der Waals surface area (Å²) in [6.07, 6.45) is 4.57. The summed E-state index contributed by atoms with van der Waals surface area (Å²) in [6.45, 7) is 4.80. The van der Waals surface area contributed by atoms with Gasteiger partial charge < -0.3 is 15.4 Å². The Morgan fingerprint density at radius 1 is 1.30 bits per heavy atom. The lowest BCUT2D eigenvalue weighted by atomic mass is 10.2. The number of hydrogen-bond acceptors (Lipinski definition) is 2. The molecule has 0 heterocycles. The molecule has 0 saturated heterocycles. The number of unbranched alkanes of at least 4 members (excludes halogenated alkanes) is 3. The van der Waals surface area contributed by atoms with Crippen LogP contribution in [0.4, 0.5) is 10.5 Å². The zero-order chi connectivity index (χ0) is 15.0. The fraction of sp³-hybridized carbons (Fsp3) is 0.533. The number of carbonyl (C=O) groups excluding carboxylic acids is 1. The second kappa shape index (κ2) is 8.84. The number of anilines is 1. The number of amides is 2. The second-order valence-corrected chi connectivity index (χ2v) is 5.66. The number of carbonyl (C=O) groups is 1. The van der Waals surface area contributed by atoms with Gasteiger partial charge in [0.2, 0.25) is 0 Å². The normalized spacial score (nSPS) is 10.2. The molecule has 0 aliphatic rings. The van der Waals surface area contributed by atoms with E-state index in [2.05, 4.69) is 33.5 Å². The molecule has 112 valence electrons. The number of methoxy groups -OCH3 is 1. The van der Waals surface area contributed by atoms with Gasteiger partial charge in [0, 0.05) is 11.0 Å². The summed E-state index contributed by atoms with van der Waals surface area (Å²) in [5.74, 6) is 0.651. The van der Waals surface area contributed by atoms with Crippen molar-refractivity contribution >= 4 is 27.6 Å². The summed E-state index contributed by atoms with van der Waals surface area (Å²) in [5.41, 5.74) is 1.67. The van der Waals surface area contributed by atoms with Gasteiger partial charge in [0.25, 0.3) is 0 Å². The predicted molar refractivity (Wildman–Crippen MR) is 86.6 cm³/mol. The summed E-state index contributed by atoms with van der Waals surface area (Å²) in [6, 6.07) is 3.59. The number of benzene rings is 1. The van der Waals surface area contributed by atoms with Crippen LogP contribution in [-0.4, -0.2) is 19.7 Å². The van der Waals surface area contributed by atoms with Gasteiger partial charge in [-0.2, -0.15) is 0 Å². The largest absolute Gasteiger partial charge is 0.495 e. The van der Waals surface area contributed by atoms with Gasteiger partial charge in [-0.3, -0.25) is 0 Å². The van der Waals surface area contributed by atoms with Crippen molar-refractivity contribution in [3.63, 3.8) is 0 Å². The second-order valence-electron chi connectivity index (χ2n) is 4.74. The summed E-state index contributed by atoms with van der Waals surface area (Å²) >= 11 is 3.41. The number of ether oxygens (including phenoxy) is 1. The van der Waals surface area contributed by atoms with Crippen molar-refractivity contribution in [2.75, 3.05) is 19.0 Å². The number of rotatable bonds is 7. The van der Waals surface area contributed by atoms with Gasteiger partial charge in [0.05, 0.1) is 12.8 Å². The molecule has 1 aromatic carbocycles. The molecular formula is C15H23BrN2O2. The minimum absolute atomic E-state index is 0.190. The maximum Gasteiger partial charge on any atom is 0.319 e. The van der Waals surface area contributed by atoms with E-state index in [1.54, 1.807) is 7.11 Å². The van der Waals surface area contributed by atoms with Gasteiger partial charge >= 0.3 is 6.03 Å². The average molecular weight is 343 g/mol. The maximum atomic E-state index is 11.9. The van der Waals surface area contributed by atoms with Crippen LogP contribution in [0.5, 0.6) is 5.75 Å². The van der Waals surface area contributed by atoms with E-state index in [1.165, 1.54) is 12.8 Å². The zero-order valence-corrected chi connectivity index (χ0v) is 14.0. The Balaban J connectivity index is 2.53. The Morgan fingerprint density at radius 2 is 2.05 bits per heavy atom. The van der Waals surface area contributed by atoms with Gasteiger partial charge in [-0.25, -0.2) is 4.79 Å². The first kappa shape index (κ1) is 16.8. The fourth-order valence-corrected chi connectivity index (χ4v) is 2.50. The molecule has 0 bridgehead atoms. The summed E-state index contributed by atoms with van der Waals surface area (Å²) in [7, 11) is 1.59. The van der Waals surface area contributed by atoms with Crippen molar-refractivity contribution in [1.82, 2.24) is 5.32 Å². The summed E-state index contributed by atoms with van der Waals surface area (Å²) in [4.78, 5) is 11.9. The molecule has 20 heavy (non-hydrogen) atoms. The third-order valence-electron chi connectivity index (χ3n) is 3.04. The van der Waals surface area contributed by atoms with E-state index in [9.17, 15) is 4.79 Å². The van der Waals surface area contributed by atoms with Gasteiger partial charge in [-0.05, 0) is 31.0 Å². The first-order chi connectivity index (χ1) is 9.58. The Morgan fingerprint density at radius 3 is 2.70 bits per heavy atom. The quantitative estimate of drug-likeness (QED) is 0.718. The molecule has 0 spiro atoms. The van der Waals surface area contributed by atoms with Crippen LogP contribution in [0.15, 0.2) is 16.6 Å². The Hall–Kier alpha value is -1.23. The van der Waals surface area contributed by atoms with Crippen LogP contribution in [-0.2, 0) is 0 Å². The zero-order valence-electron chi connectivity index (χ0n) is 12.4. The molecule has 2 N–H and O–H groups in total. The van der Waals surface area contributed by atoms with E-state index < -0.39 is 0 Å². The molecule has 2 amide bonds. The first-order valence-electron chi connectivity index (χ1n) is 6.97. The molecule has 0 aromatic heterocycles. The summed E-state index contributed by atoms with van der Waals surface area (Å²) in [5, 5.41) is 5.72. The molecular weight excluding hydrogens is 320 g/mol. The Kier molecular flexibility index (Phi) is 7.44. The average Bonchev–Trinajstić information content (AvgIpc) is 2.41. The van der Waals surface area contributed by atoms with E-state index in [0.29, 0.717) is 18.0 Å². The predicted octanol–water partition coefficient (Wildman–Crippen LogP) is 4.47.